The molecule has 2 unspecified atom stereocenters. The summed E-state index contributed by atoms with van der Waals surface area (Å²) in [5, 5.41) is 11.6. The molecule has 1 aromatic carbocycles. The summed E-state index contributed by atoms with van der Waals surface area (Å²) in [6, 6.07) is 9.04. The lowest BCUT2D eigenvalue weighted by Gasteiger charge is -2.34. The zero-order chi connectivity index (χ0) is 14.5. The van der Waals surface area contributed by atoms with Gasteiger partial charge in [0.05, 0.1) is 18.2 Å². The van der Waals surface area contributed by atoms with Crippen molar-refractivity contribution < 1.29 is 4.79 Å². The molecular weight excluding hydrogens is 252 g/mol. The second-order valence-corrected chi connectivity index (χ2v) is 5.40. The number of hydrogen-bond donors (Lipinski definition) is 2. The zero-order valence-corrected chi connectivity index (χ0v) is 11.7. The molecular formula is C15H20N4O. The van der Waals surface area contributed by atoms with Gasteiger partial charge in [0.2, 0.25) is 5.91 Å². The standard InChI is InChI=1S/C15H20N4O/c1-11-6-7-19(9-14(11)17)10-15(20)18-13-4-2-12(8-16)3-5-13/h2-5,11,14H,6-7,9-10,17H2,1H3,(H,18,20). The number of nitrogens with zero attached hydrogens (tertiary/aromatic N) is 2. The van der Waals surface area contributed by atoms with Crippen LogP contribution in [-0.2, 0) is 4.79 Å². The largest absolute Gasteiger partial charge is 0.326 e. The van der Waals surface area contributed by atoms with Crippen LogP contribution >= 0.6 is 0 Å². The molecule has 1 saturated heterocycles. The first kappa shape index (κ1) is 14.5. The van der Waals surface area contributed by atoms with E-state index in [0.29, 0.717) is 23.7 Å². The van der Waals surface area contributed by atoms with Crippen molar-refractivity contribution in [3.63, 3.8) is 0 Å². The van der Waals surface area contributed by atoms with Crippen molar-refractivity contribution in [3.8, 4) is 6.07 Å². The van der Waals surface area contributed by atoms with E-state index in [9.17, 15) is 4.79 Å². The van der Waals surface area contributed by atoms with Crippen LogP contribution in [0.3, 0.4) is 0 Å². The molecule has 0 spiro atoms. The lowest BCUT2D eigenvalue weighted by atomic mass is 9.94. The molecule has 0 aliphatic carbocycles. The number of anilines is 1. The van der Waals surface area contributed by atoms with Crippen LogP contribution in [0.5, 0.6) is 0 Å². The molecule has 2 atom stereocenters. The fourth-order valence-electron chi connectivity index (χ4n) is 2.34. The molecule has 5 heteroatoms. The Morgan fingerprint density at radius 1 is 1.50 bits per heavy atom. The lowest BCUT2D eigenvalue weighted by molar-refractivity contribution is -0.117. The Morgan fingerprint density at radius 3 is 2.80 bits per heavy atom. The molecule has 2 rings (SSSR count). The Kier molecular flexibility index (Phi) is 4.72. The summed E-state index contributed by atoms with van der Waals surface area (Å²) in [7, 11) is 0. The number of likely N-dealkylation sites (tertiary alicyclic amines) is 1. The van der Waals surface area contributed by atoms with Gasteiger partial charge in [0, 0.05) is 18.3 Å². The highest BCUT2D eigenvalue weighted by atomic mass is 16.2. The third-order valence-corrected chi connectivity index (χ3v) is 3.77. The summed E-state index contributed by atoms with van der Waals surface area (Å²) in [5.74, 6) is 0.476. The fourth-order valence-corrected chi connectivity index (χ4v) is 2.34. The number of amides is 1. The van der Waals surface area contributed by atoms with E-state index >= 15 is 0 Å². The van der Waals surface area contributed by atoms with Gasteiger partial charge >= 0.3 is 0 Å². The molecule has 3 N–H and O–H groups in total. The van der Waals surface area contributed by atoms with Crippen molar-refractivity contribution in [3.05, 3.63) is 29.8 Å². The highest BCUT2D eigenvalue weighted by Crippen LogP contribution is 2.15. The summed E-state index contributed by atoms with van der Waals surface area (Å²) < 4.78 is 0. The second kappa shape index (κ2) is 6.51. The third kappa shape index (κ3) is 3.80. The number of piperidine rings is 1. The van der Waals surface area contributed by atoms with Crippen molar-refractivity contribution in [2.24, 2.45) is 11.7 Å². The molecule has 1 amide bonds. The first-order valence-electron chi connectivity index (χ1n) is 6.86. The maximum absolute atomic E-state index is 12.0. The quantitative estimate of drug-likeness (QED) is 0.865. The lowest BCUT2D eigenvalue weighted by Crippen LogP contribution is -2.49. The Morgan fingerprint density at radius 2 is 2.20 bits per heavy atom. The molecule has 1 aliphatic rings. The Labute approximate surface area is 119 Å². The van der Waals surface area contributed by atoms with Gasteiger partial charge in [-0.2, -0.15) is 5.26 Å². The monoisotopic (exact) mass is 272 g/mol. The second-order valence-electron chi connectivity index (χ2n) is 5.40. The number of nitriles is 1. The molecule has 0 aromatic heterocycles. The summed E-state index contributed by atoms with van der Waals surface area (Å²) in [5.41, 5.74) is 7.32. The highest BCUT2D eigenvalue weighted by molar-refractivity contribution is 5.92. The van der Waals surface area contributed by atoms with E-state index in [2.05, 4.69) is 17.1 Å². The van der Waals surface area contributed by atoms with Crippen LogP contribution in [-0.4, -0.2) is 36.5 Å². The van der Waals surface area contributed by atoms with Gasteiger partial charge in [-0.25, -0.2) is 0 Å². The van der Waals surface area contributed by atoms with Crippen LogP contribution in [0, 0.1) is 17.2 Å². The molecule has 0 bridgehead atoms. The molecule has 1 aromatic rings. The minimum absolute atomic E-state index is 0.0449. The van der Waals surface area contributed by atoms with Gasteiger partial charge in [-0.05, 0) is 43.1 Å². The van der Waals surface area contributed by atoms with Crippen molar-refractivity contribution in [1.82, 2.24) is 4.90 Å². The molecule has 1 fully saturated rings. The van der Waals surface area contributed by atoms with Crippen LogP contribution < -0.4 is 11.1 Å². The first-order valence-corrected chi connectivity index (χ1v) is 6.86. The number of nitrogens with two attached hydrogens (primary N) is 1. The van der Waals surface area contributed by atoms with E-state index in [-0.39, 0.29) is 11.9 Å². The van der Waals surface area contributed by atoms with Gasteiger partial charge in [0.25, 0.3) is 0 Å². The average molecular weight is 272 g/mol. The summed E-state index contributed by atoms with van der Waals surface area (Å²) in [6.45, 7) is 4.19. The van der Waals surface area contributed by atoms with Crippen molar-refractivity contribution in [2.45, 2.75) is 19.4 Å². The van der Waals surface area contributed by atoms with Gasteiger partial charge < -0.3 is 11.1 Å². The molecule has 0 radical (unpaired) electrons. The van der Waals surface area contributed by atoms with E-state index in [0.717, 1.165) is 19.5 Å². The molecule has 1 aliphatic heterocycles. The predicted octanol–water partition coefficient (Wildman–Crippen LogP) is 1.17. The molecule has 5 nitrogen and oxygen atoms in total. The number of nitrogens with one attached hydrogen (secondary N) is 1. The van der Waals surface area contributed by atoms with Crippen LogP contribution in [0.2, 0.25) is 0 Å². The highest BCUT2D eigenvalue weighted by Gasteiger charge is 2.24. The molecule has 106 valence electrons. The normalized spacial score (nSPS) is 23.1. The minimum atomic E-state index is -0.0449. The number of rotatable bonds is 3. The fraction of sp³-hybridized carbons (Fsp3) is 0.467. The van der Waals surface area contributed by atoms with Crippen LogP contribution in [0.25, 0.3) is 0 Å². The average Bonchev–Trinajstić information content (AvgIpc) is 2.44. The molecule has 0 saturated carbocycles. The summed E-state index contributed by atoms with van der Waals surface area (Å²) in [4.78, 5) is 14.1. The van der Waals surface area contributed by atoms with Crippen LogP contribution in [0.15, 0.2) is 24.3 Å². The van der Waals surface area contributed by atoms with Gasteiger partial charge in [-0.1, -0.05) is 6.92 Å². The van der Waals surface area contributed by atoms with E-state index in [1.165, 1.54) is 0 Å². The van der Waals surface area contributed by atoms with Gasteiger partial charge in [-0.3, -0.25) is 9.69 Å². The smallest absolute Gasteiger partial charge is 0.238 e. The van der Waals surface area contributed by atoms with Gasteiger partial charge in [0.1, 0.15) is 0 Å². The third-order valence-electron chi connectivity index (χ3n) is 3.77. The van der Waals surface area contributed by atoms with Crippen LogP contribution in [0.4, 0.5) is 5.69 Å². The van der Waals surface area contributed by atoms with Crippen LogP contribution in [0.1, 0.15) is 18.9 Å². The number of carbonyl (C=O) groups is 1. The SMILES string of the molecule is CC1CCN(CC(=O)Nc2ccc(C#N)cc2)CC1N. The number of benzene rings is 1. The first-order chi connectivity index (χ1) is 9.58. The zero-order valence-electron chi connectivity index (χ0n) is 11.7. The van der Waals surface area contributed by atoms with Gasteiger partial charge in [0.15, 0.2) is 0 Å². The maximum Gasteiger partial charge on any atom is 0.238 e. The minimum Gasteiger partial charge on any atom is -0.326 e. The van der Waals surface area contributed by atoms with E-state index in [4.69, 9.17) is 11.0 Å². The van der Waals surface area contributed by atoms with Crippen molar-refractivity contribution >= 4 is 11.6 Å². The van der Waals surface area contributed by atoms with E-state index in [1.54, 1.807) is 24.3 Å². The predicted molar refractivity (Wildman–Crippen MR) is 78.0 cm³/mol. The maximum atomic E-state index is 12.0. The summed E-state index contributed by atoms with van der Waals surface area (Å²) >= 11 is 0. The van der Waals surface area contributed by atoms with E-state index in [1.807, 2.05) is 6.07 Å². The van der Waals surface area contributed by atoms with Gasteiger partial charge in [-0.15, -0.1) is 0 Å². The Hall–Kier alpha value is -1.90. The van der Waals surface area contributed by atoms with E-state index < -0.39 is 0 Å². The molecule has 20 heavy (non-hydrogen) atoms. The molecule has 1 heterocycles. The number of carbonyl (C=O) groups excluding carboxylic acids is 1. The summed E-state index contributed by atoms with van der Waals surface area (Å²) in [6.07, 6.45) is 1.03. The Bertz CT molecular complexity index is 506. The van der Waals surface area contributed by atoms with Crippen molar-refractivity contribution in [2.75, 3.05) is 25.0 Å². The number of hydrogen-bond acceptors (Lipinski definition) is 4. The Balaban J connectivity index is 1.84. The topological polar surface area (TPSA) is 82.2 Å². The van der Waals surface area contributed by atoms with Crippen molar-refractivity contribution in [1.29, 1.82) is 5.26 Å².